The predicted octanol–water partition coefficient (Wildman–Crippen LogP) is 1.84. The van der Waals surface area contributed by atoms with E-state index in [4.69, 9.17) is 0 Å². The molecule has 0 atom stereocenters. The molecule has 0 aliphatic heterocycles. The molecule has 2 aromatic rings. The van der Waals surface area contributed by atoms with Gasteiger partial charge in [-0.1, -0.05) is 0 Å². The van der Waals surface area contributed by atoms with Gasteiger partial charge in [0.25, 0.3) is 0 Å². The molecule has 0 aliphatic rings. The van der Waals surface area contributed by atoms with Gasteiger partial charge in [0.05, 0.1) is 12.2 Å². The minimum absolute atomic E-state index is 0.282. The molecule has 2 aromatic heterocycles. The number of nitrogens with one attached hydrogen (secondary N) is 1. The summed E-state index contributed by atoms with van der Waals surface area (Å²) < 4.78 is 38.4. The minimum Gasteiger partial charge on any atom is -0.363 e. The molecule has 0 bridgehead atoms. The summed E-state index contributed by atoms with van der Waals surface area (Å²) in [5.41, 5.74) is -0.120. The largest absolute Gasteiger partial charge is 0.435 e. The fourth-order valence-electron chi connectivity index (χ4n) is 1.33. The Morgan fingerprint density at radius 1 is 1.22 bits per heavy atom. The summed E-state index contributed by atoms with van der Waals surface area (Å²) in [6.45, 7) is 0.413. The molecule has 0 radical (unpaired) electrons. The number of hydrogen-bond acceptors (Lipinski definition) is 4. The molecule has 0 aliphatic carbocycles. The summed E-state index contributed by atoms with van der Waals surface area (Å²) in [4.78, 5) is 0. The number of aryl methyl sites for hydroxylation is 1. The van der Waals surface area contributed by atoms with E-state index < -0.39 is 11.9 Å². The second-order valence-electron chi connectivity index (χ2n) is 3.60. The summed E-state index contributed by atoms with van der Waals surface area (Å²) in [6, 6.07) is 3.93. The van der Waals surface area contributed by atoms with Crippen LogP contribution in [0.2, 0.25) is 0 Å². The predicted molar refractivity (Wildman–Crippen MR) is 57.6 cm³/mol. The molecule has 0 fully saturated rings. The Bertz CT molecular complexity index is 517. The van der Waals surface area contributed by atoms with E-state index in [1.807, 2.05) is 0 Å². The summed E-state index contributed by atoms with van der Waals surface area (Å²) in [6.07, 6.45) is -2.83. The van der Waals surface area contributed by atoms with E-state index in [1.54, 1.807) is 24.0 Å². The van der Waals surface area contributed by atoms with Crippen molar-refractivity contribution in [2.45, 2.75) is 12.7 Å². The Morgan fingerprint density at radius 3 is 2.50 bits per heavy atom. The van der Waals surface area contributed by atoms with Crippen molar-refractivity contribution < 1.29 is 13.2 Å². The smallest absolute Gasteiger partial charge is 0.363 e. The van der Waals surface area contributed by atoms with E-state index in [-0.39, 0.29) is 5.82 Å². The van der Waals surface area contributed by atoms with Crippen LogP contribution in [0.25, 0.3) is 0 Å². The van der Waals surface area contributed by atoms with Crippen molar-refractivity contribution >= 4 is 5.82 Å². The van der Waals surface area contributed by atoms with Gasteiger partial charge in [-0.2, -0.15) is 18.3 Å². The molecule has 0 saturated carbocycles. The van der Waals surface area contributed by atoms with Crippen molar-refractivity contribution in [3.63, 3.8) is 0 Å². The molecule has 8 heteroatoms. The van der Waals surface area contributed by atoms with Gasteiger partial charge in [0.15, 0.2) is 5.69 Å². The molecule has 0 aromatic carbocycles. The van der Waals surface area contributed by atoms with Crippen molar-refractivity contribution in [2.24, 2.45) is 7.05 Å². The number of alkyl halides is 3. The quantitative estimate of drug-likeness (QED) is 0.911. The Morgan fingerprint density at radius 2 is 2.00 bits per heavy atom. The summed E-state index contributed by atoms with van der Waals surface area (Å²) in [5, 5.41) is 13.4. The number of halogens is 3. The highest BCUT2D eigenvalue weighted by atomic mass is 19.4. The SMILES string of the molecule is Cn1nccc1CNc1ccc(C(F)(F)F)nn1. The van der Waals surface area contributed by atoms with Crippen LogP contribution in [-0.4, -0.2) is 20.0 Å². The number of rotatable bonds is 3. The van der Waals surface area contributed by atoms with Crippen molar-refractivity contribution in [1.82, 2.24) is 20.0 Å². The van der Waals surface area contributed by atoms with E-state index in [0.29, 0.717) is 6.54 Å². The van der Waals surface area contributed by atoms with Crippen molar-refractivity contribution in [3.05, 3.63) is 35.8 Å². The molecule has 0 saturated heterocycles. The Labute approximate surface area is 101 Å². The normalized spacial score (nSPS) is 11.6. The second-order valence-corrected chi connectivity index (χ2v) is 3.60. The van der Waals surface area contributed by atoms with E-state index in [9.17, 15) is 13.2 Å². The van der Waals surface area contributed by atoms with Gasteiger partial charge in [-0.25, -0.2) is 0 Å². The van der Waals surface area contributed by atoms with E-state index >= 15 is 0 Å². The third kappa shape index (κ3) is 2.76. The highest BCUT2D eigenvalue weighted by Gasteiger charge is 2.32. The van der Waals surface area contributed by atoms with Gasteiger partial charge in [-0.15, -0.1) is 10.2 Å². The van der Waals surface area contributed by atoms with Gasteiger partial charge in [0, 0.05) is 13.2 Å². The molecular formula is C10H10F3N5. The first-order valence-electron chi connectivity index (χ1n) is 5.08. The Hall–Kier alpha value is -2.12. The van der Waals surface area contributed by atoms with Crippen LogP contribution >= 0.6 is 0 Å². The molecule has 1 N–H and O–H groups in total. The molecule has 0 unspecified atom stereocenters. The van der Waals surface area contributed by atoms with Crippen LogP contribution in [0.1, 0.15) is 11.4 Å². The highest BCUT2D eigenvalue weighted by Crippen LogP contribution is 2.27. The van der Waals surface area contributed by atoms with Crippen LogP contribution in [0, 0.1) is 0 Å². The first kappa shape index (κ1) is 12.3. The molecule has 2 rings (SSSR count). The lowest BCUT2D eigenvalue weighted by Gasteiger charge is -2.07. The Balaban J connectivity index is 2.01. The first-order valence-corrected chi connectivity index (χ1v) is 5.08. The first-order chi connectivity index (χ1) is 8.47. The molecule has 18 heavy (non-hydrogen) atoms. The van der Waals surface area contributed by atoms with Crippen molar-refractivity contribution in [2.75, 3.05) is 5.32 Å². The zero-order chi connectivity index (χ0) is 13.2. The third-order valence-electron chi connectivity index (χ3n) is 2.33. The monoisotopic (exact) mass is 257 g/mol. The number of aromatic nitrogens is 4. The van der Waals surface area contributed by atoms with Crippen LogP contribution in [0.15, 0.2) is 24.4 Å². The molecule has 5 nitrogen and oxygen atoms in total. The Kier molecular flexibility index (Phi) is 3.17. The zero-order valence-electron chi connectivity index (χ0n) is 9.44. The summed E-state index contributed by atoms with van der Waals surface area (Å²) in [5.74, 6) is 0.282. The average Bonchev–Trinajstić information content (AvgIpc) is 2.72. The van der Waals surface area contributed by atoms with Gasteiger partial charge >= 0.3 is 6.18 Å². The number of anilines is 1. The molecule has 2 heterocycles. The van der Waals surface area contributed by atoms with Crippen LogP contribution in [-0.2, 0) is 19.8 Å². The number of nitrogens with zero attached hydrogens (tertiary/aromatic N) is 4. The van der Waals surface area contributed by atoms with Gasteiger partial charge in [-0.3, -0.25) is 4.68 Å². The van der Waals surface area contributed by atoms with Crippen LogP contribution in [0.4, 0.5) is 19.0 Å². The van der Waals surface area contributed by atoms with E-state index in [0.717, 1.165) is 11.8 Å². The second kappa shape index (κ2) is 4.63. The average molecular weight is 257 g/mol. The molecule has 96 valence electrons. The third-order valence-corrected chi connectivity index (χ3v) is 2.33. The maximum atomic E-state index is 12.2. The lowest BCUT2D eigenvalue weighted by Crippen LogP contribution is -2.11. The van der Waals surface area contributed by atoms with Crippen LogP contribution in [0.3, 0.4) is 0 Å². The maximum Gasteiger partial charge on any atom is 0.435 e. The van der Waals surface area contributed by atoms with E-state index in [1.165, 1.54) is 6.07 Å². The standard InChI is InChI=1S/C10H10F3N5/c1-18-7(4-5-15-18)6-14-9-3-2-8(16-17-9)10(11,12)13/h2-5H,6H2,1H3,(H,14,17). The zero-order valence-corrected chi connectivity index (χ0v) is 9.44. The van der Waals surface area contributed by atoms with Crippen LogP contribution < -0.4 is 5.32 Å². The van der Waals surface area contributed by atoms with Gasteiger partial charge in [0.1, 0.15) is 5.82 Å². The molecular weight excluding hydrogens is 247 g/mol. The fraction of sp³-hybridized carbons (Fsp3) is 0.300. The number of hydrogen-bond donors (Lipinski definition) is 1. The summed E-state index contributed by atoms with van der Waals surface area (Å²) in [7, 11) is 1.77. The highest BCUT2D eigenvalue weighted by molar-refractivity contribution is 5.33. The summed E-state index contributed by atoms with van der Waals surface area (Å²) >= 11 is 0. The lowest BCUT2D eigenvalue weighted by atomic mass is 10.3. The lowest BCUT2D eigenvalue weighted by molar-refractivity contribution is -0.141. The van der Waals surface area contributed by atoms with Gasteiger partial charge < -0.3 is 5.32 Å². The van der Waals surface area contributed by atoms with Crippen LogP contribution in [0.5, 0.6) is 0 Å². The van der Waals surface area contributed by atoms with E-state index in [2.05, 4.69) is 20.6 Å². The van der Waals surface area contributed by atoms with Gasteiger partial charge in [0.2, 0.25) is 0 Å². The minimum atomic E-state index is -4.46. The molecule has 0 spiro atoms. The van der Waals surface area contributed by atoms with Crippen molar-refractivity contribution in [3.8, 4) is 0 Å². The fourth-order valence-corrected chi connectivity index (χ4v) is 1.33. The van der Waals surface area contributed by atoms with Gasteiger partial charge in [-0.05, 0) is 18.2 Å². The molecule has 0 amide bonds. The maximum absolute atomic E-state index is 12.2. The van der Waals surface area contributed by atoms with Crippen molar-refractivity contribution in [1.29, 1.82) is 0 Å². The topological polar surface area (TPSA) is 55.6 Å².